The van der Waals surface area contributed by atoms with E-state index in [-0.39, 0.29) is 17.1 Å². The van der Waals surface area contributed by atoms with E-state index >= 15 is 0 Å². The molecule has 2 heterocycles. The third-order valence-electron chi connectivity index (χ3n) is 5.04. The van der Waals surface area contributed by atoms with E-state index in [1.54, 1.807) is 26.0 Å². The Hall–Kier alpha value is -1.99. The molecule has 1 N–H and O–H groups in total. The minimum atomic E-state index is -4.15. The number of Topliss-reactive ketones (excluding diaryl/α,β-unsaturated/α-hetero) is 1. The highest BCUT2D eigenvalue weighted by molar-refractivity contribution is 7.89. The number of hydrogen-bond donors (Lipinski definition) is 1. The molecule has 0 spiro atoms. The molecule has 0 unspecified atom stereocenters. The summed E-state index contributed by atoms with van der Waals surface area (Å²) in [6.45, 7) is 6.54. The summed E-state index contributed by atoms with van der Waals surface area (Å²) in [6.07, 6.45) is 2.85. The molecule has 134 valence electrons. The van der Waals surface area contributed by atoms with E-state index in [9.17, 15) is 23.1 Å². The molecule has 25 heavy (non-hydrogen) atoms. The summed E-state index contributed by atoms with van der Waals surface area (Å²) in [7, 11) is -4.15. The fraction of sp³-hybridized carbons (Fsp3) is 0.444. The molecular formula is C18H21NO5S. The van der Waals surface area contributed by atoms with Crippen LogP contribution in [0.3, 0.4) is 0 Å². The van der Waals surface area contributed by atoms with Crippen LogP contribution in [0.4, 0.5) is 0 Å². The van der Waals surface area contributed by atoms with Gasteiger partial charge in [-0.2, -0.15) is 0 Å². The highest BCUT2D eigenvalue weighted by atomic mass is 32.2. The van der Waals surface area contributed by atoms with Crippen molar-refractivity contribution < 1.29 is 23.1 Å². The van der Waals surface area contributed by atoms with E-state index in [2.05, 4.69) is 0 Å². The smallest absolute Gasteiger partial charge is 0.273 e. The van der Waals surface area contributed by atoms with Gasteiger partial charge in [0.15, 0.2) is 5.60 Å². The predicted molar refractivity (Wildman–Crippen MR) is 91.4 cm³/mol. The molecule has 3 atom stereocenters. The first-order valence-electron chi connectivity index (χ1n) is 8.09. The number of rotatable bonds is 3. The third-order valence-corrected chi connectivity index (χ3v) is 7.15. The normalized spacial score (nSPS) is 28.5. The average molecular weight is 363 g/mol. The van der Waals surface area contributed by atoms with Crippen LogP contribution in [0.2, 0.25) is 0 Å². The van der Waals surface area contributed by atoms with Crippen LogP contribution >= 0.6 is 0 Å². The Kier molecular flexibility index (Phi) is 3.92. The second-order valence-corrected chi connectivity index (χ2v) is 8.74. The van der Waals surface area contributed by atoms with Gasteiger partial charge in [-0.25, -0.2) is 12.7 Å². The number of amides is 1. The van der Waals surface area contributed by atoms with Crippen molar-refractivity contribution in [2.24, 2.45) is 5.92 Å². The molecule has 1 aromatic carbocycles. The summed E-state index contributed by atoms with van der Waals surface area (Å²) in [5, 5.41) is 10.7. The predicted octanol–water partition coefficient (Wildman–Crippen LogP) is 1.41. The number of benzene rings is 1. The summed E-state index contributed by atoms with van der Waals surface area (Å²) in [6, 6.07) is 2.73. The van der Waals surface area contributed by atoms with Crippen LogP contribution in [0, 0.1) is 26.7 Å². The molecule has 0 aromatic heterocycles. The molecular weight excluding hydrogens is 342 g/mol. The van der Waals surface area contributed by atoms with E-state index in [1.165, 1.54) is 19.1 Å². The lowest BCUT2D eigenvalue weighted by Gasteiger charge is -2.48. The van der Waals surface area contributed by atoms with Crippen LogP contribution in [0.25, 0.3) is 0 Å². The first-order valence-corrected chi connectivity index (χ1v) is 9.53. The second kappa shape index (κ2) is 5.51. The van der Waals surface area contributed by atoms with Gasteiger partial charge in [0.05, 0.1) is 16.9 Å². The Labute approximate surface area is 147 Å². The molecule has 4 rings (SSSR count). The molecule has 0 saturated carbocycles. The van der Waals surface area contributed by atoms with Gasteiger partial charge >= 0.3 is 0 Å². The minimum absolute atomic E-state index is 0.0791. The van der Waals surface area contributed by atoms with Gasteiger partial charge < -0.3 is 5.11 Å². The lowest BCUT2D eigenvalue weighted by Crippen LogP contribution is -2.66. The van der Waals surface area contributed by atoms with Gasteiger partial charge in [-0.3, -0.25) is 9.59 Å². The van der Waals surface area contributed by atoms with Crippen LogP contribution in [0.5, 0.6) is 0 Å². The van der Waals surface area contributed by atoms with E-state index < -0.39 is 33.5 Å². The Morgan fingerprint density at radius 1 is 1.24 bits per heavy atom. The second-order valence-electron chi connectivity index (χ2n) is 6.98. The highest BCUT2D eigenvalue weighted by Crippen LogP contribution is 2.42. The molecule has 1 fully saturated rings. The van der Waals surface area contributed by atoms with Gasteiger partial charge in [0, 0.05) is 0 Å². The molecule has 2 bridgehead atoms. The number of ketones is 1. The van der Waals surface area contributed by atoms with Crippen molar-refractivity contribution in [3.05, 3.63) is 41.0 Å². The Bertz CT molecular complexity index is 894. The molecule has 1 aliphatic carbocycles. The maximum atomic E-state index is 13.2. The lowest BCUT2D eigenvalue weighted by atomic mass is 9.72. The van der Waals surface area contributed by atoms with E-state index in [4.69, 9.17) is 0 Å². The first kappa shape index (κ1) is 17.8. The van der Waals surface area contributed by atoms with E-state index in [0.29, 0.717) is 11.1 Å². The maximum absolute atomic E-state index is 13.2. The van der Waals surface area contributed by atoms with Crippen LogP contribution in [0.15, 0.2) is 29.2 Å². The summed E-state index contributed by atoms with van der Waals surface area (Å²) in [5.74, 6) is -2.20. The zero-order valence-corrected chi connectivity index (χ0v) is 15.4. The lowest BCUT2D eigenvalue weighted by molar-refractivity contribution is -0.160. The fourth-order valence-corrected chi connectivity index (χ4v) is 6.04. The summed E-state index contributed by atoms with van der Waals surface area (Å²) in [5.41, 5.74) is -0.0764. The SMILES string of the molecule is CC(=O)[C@H]1C[C@H]2C=C[C@]1(O)C(=O)N2S(=O)(=O)c1c(C)cc(C)cc1C. The number of fused-ring (bicyclic) bond motifs is 2. The van der Waals surface area contributed by atoms with Gasteiger partial charge in [0.1, 0.15) is 5.78 Å². The minimum Gasteiger partial charge on any atom is -0.375 e. The van der Waals surface area contributed by atoms with Crippen LogP contribution in [0.1, 0.15) is 30.0 Å². The number of carbonyl (C=O) groups is 2. The number of hydrogen-bond acceptors (Lipinski definition) is 5. The number of aryl methyl sites for hydroxylation is 3. The molecule has 7 heteroatoms. The van der Waals surface area contributed by atoms with Gasteiger partial charge in [-0.15, -0.1) is 0 Å². The quantitative estimate of drug-likeness (QED) is 0.820. The molecule has 3 aliphatic rings. The van der Waals surface area contributed by atoms with Crippen molar-refractivity contribution in [2.45, 2.75) is 50.7 Å². The van der Waals surface area contributed by atoms with Crippen molar-refractivity contribution in [1.29, 1.82) is 0 Å². The van der Waals surface area contributed by atoms with Crippen LogP contribution in [-0.2, 0) is 19.6 Å². The Balaban J connectivity index is 2.14. The highest BCUT2D eigenvalue weighted by Gasteiger charge is 2.59. The molecule has 1 aromatic rings. The number of piperidine rings is 1. The maximum Gasteiger partial charge on any atom is 0.273 e. The van der Waals surface area contributed by atoms with E-state index in [0.717, 1.165) is 9.87 Å². The number of aliphatic hydroxyl groups is 1. The largest absolute Gasteiger partial charge is 0.375 e. The summed E-state index contributed by atoms with van der Waals surface area (Å²) < 4.78 is 27.2. The average Bonchev–Trinajstić information content (AvgIpc) is 2.46. The van der Waals surface area contributed by atoms with Crippen molar-refractivity contribution in [3.8, 4) is 0 Å². The third kappa shape index (κ3) is 2.45. The Morgan fingerprint density at radius 3 is 2.32 bits per heavy atom. The van der Waals surface area contributed by atoms with Crippen molar-refractivity contribution in [1.82, 2.24) is 4.31 Å². The first-order chi connectivity index (χ1) is 11.5. The summed E-state index contributed by atoms with van der Waals surface area (Å²) in [4.78, 5) is 24.7. The van der Waals surface area contributed by atoms with Gasteiger partial charge in [0.2, 0.25) is 0 Å². The van der Waals surface area contributed by atoms with Crippen molar-refractivity contribution in [3.63, 3.8) is 0 Å². The zero-order chi connectivity index (χ0) is 18.7. The molecule has 1 amide bonds. The fourth-order valence-electron chi connectivity index (χ4n) is 4.03. The van der Waals surface area contributed by atoms with Gasteiger partial charge in [0.25, 0.3) is 15.9 Å². The zero-order valence-electron chi connectivity index (χ0n) is 14.6. The Morgan fingerprint density at radius 2 is 1.80 bits per heavy atom. The number of carbonyl (C=O) groups excluding carboxylic acids is 2. The van der Waals surface area contributed by atoms with Crippen LogP contribution < -0.4 is 0 Å². The van der Waals surface area contributed by atoms with Crippen molar-refractivity contribution in [2.75, 3.05) is 0 Å². The molecule has 2 aliphatic heterocycles. The van der Waals surface area contributed by atoms with E-state index in [1.807, 2.05) is 6.92 Å². The summed E-state index contributed by atoms with van der Waals surface area (Å²) >= 11 is 0. The topological polar surface area (TPSA) is 91.8 Å². The molecule has 6 nitrogen and oxygen atoms in total. The van der Waals surface area contributed by atoms with Crippen molar-refractivity contribution >= 4 is 21.7 Å². The van der Waals surface area contributed by atoms with Gasteiger partial charge in [-0.1, -0.05) is 23.8 Å². The monoisotopic (exact) mass is 363 g/mol. The van der Waals surface area contributed by atoms with Gasteiger partial charge in [-0.05, 0) is 51.3 Å². The molecule has 1 saturated heterocycles. The molecule has 0 radical (unpaired) electrons. The van der Waals surface area contributed by atoms with Crippen LogP contribution in [-0.4, -0.2) is 41.2 Å². The standard InChI is InChI=1S/C18H21NO5S/c1-10-7-11(2)16(12(3)8-10)25(23,24)19-14-5-6-18(22,17(19)21)15(9-14)13(4)20/h5-8,14-15,22H,9H2,1-4H3/t14-,15-,18-/m1/s1. The number of sulfonamides is 1. The number of nitrogens with zero attached hydrogens (tertiary/aromatic N) is 1.